The number of hydrogen-bond donors (Lipinski definition) is 3. The molecule has 31 heavy (non-hydrogen) atoms. The number of anilines is 1. The molecule has 0 spiro atoms. The van der Waals surface area contributed by atoms with E-state index in [9.17, 15) is 29.6 Å². The lowest BCUT2D eigenvalue weighted by Crippen LogP contribution is -2.12. The number of hydrogen-bond acceptors (Lipinski definition) is 6. The van der Waals surface area contributed by atoms with Crippen LogP contribution in [0.15, 0.2) is 66.7 Å². The second kappa shape index (κ2) is 8.74. The van der Waals surface area contributed by atoms with E-state index in [1.807, 2.05) is 0 Å². The van der Waals surface area contributed by atoms with E-state index >= 15 is 0 Å². The molecule has 156 valence electrons. The van der Waals surface area contributed by atoms with Crippen molar-refractivity contribution in [2.75, 3.05) is 5.32 Å². The molecule has 10 nitrogen and oxygen atoms in total. The van der Waals surface area contributed by atoms with E-state index in [2.05, 4.69) is 5.32 Å². The number of nitrogens with one attached hydrogen (secondary N) is 1. The van der Waals surface area contributed by atoms with Gasteiger partial charge in [0.05, 0.1) is 21.7 Å². The van der Waals surface area contributed by atoms with Crippen molar-refractivity contribution in [2.24, 2.45) is 0 Å². The van der Waals surface area contributed by atoms with Gasteiger partial charge >= 0.3 is 11.9 Å². The molecular formula is C21H14N2O8. The maximum atomic E-state index is 12.5. The number of non-ortho nitro benzene ring substituents is 1. The summed E-state index contributed by atoms with van der Waals surface area (Å²) in [5, 5.41) is 31.7. The molecule has 1 amide bonds. The number of nitro benzene ring substituents is 1. The van der Waals surface area contributed by atoms with Crippen LogP contribution in [0.2, 0.25) is 0 Å². The largest absolute Gasteiger partial charge is 0.478 e. The summed E-state index contributed by atoms with van der Waals surface area (Å²) in [6.07, 6.45) is 0. The number of carbonyl (C=O) groups is 3. The Morgan fingerprint density at radius 1 is 0.871 bits per heavy atom. The Kier molecular flexibility index (Phi) is 5.92. The standard InChI is InChI=1S/C21H14N2O8/c24-19(12-5-7-13(8-6-12)23(29)30)22-17-3-1-2-4-18(17)31-14-9-10-15(20(25)26)16(11-14)21(27)28/h1-11H,(H,22,24)(H,25,26)(H,27,28). The van der Waals surface area contributed by atoms with Crippen molar-refractivity contribution in [3.63, 3.8) is 0 Å². The van der Waals surface area contributed by atoms with Crippen LogP contribution >= 0.6 is 0 Å². The van der Waals surface area contributed by atoms with Gasteiger partial charge in [-0.3, -0.25) is 14.9 Å². The molecule has 0 aliphatic carbocycles. The van der Waals surface area contributed by atoms with Gasteiger partial charge in [0.25, 0.3) is 11.6 Å². The number of para-hydroxylation sites is 2. The zero-order valence-corrected chi connectivity index (χ0v) is 15.6. The molecular weight excluding hydrogens is 408 g/mol. The number of rotatable bonds is 7. The number of carboxylic acid groups (broad SMARTS) is 2. The quantitative estimate of drug-likeness (QED) is 0.380. The molecule has 3 N–H and O–H groups in total. The van der Waals surface area contributed by atoms with Crippen molar-refractivity contribution < 1.29 is 34.3 Å². The van der Waals surface area contributed by atoms with Crippen molar-refractivity contribution >= 4 is 29.2 Å². The van der Waals surface area contributed by atoms with Gasteiger partial charge in [-0.25, -0.2) is 9.59 Å². The number of carboxylic acids is 2. The van der Waals surface area contributed by atoms with Crippen molar-refractivity contribution in [1.82, 2.24) is 0 Å². The van der Waals surface area contributed by atoms with Gasteiger partial charge in [-0.2, -0.15) is 0 Å². The summed E-state index contributed by atoms with van der Waals surface area (Å²) in [6, 6.07) is 14.8. The number of ether oxygens (including phenoxy) is 1. The summed E-state index contributed by atoms with van der Waals surface area (Å²) < 4.78 is 5.66. The molecule has 0 atom stereocenters. The highest BCUT2D eigenvalue weighted by Crippen LogP contribution is 2.31. The lowest BCUT2D eigenvalue weighted by molar-refractivity contribution is -0.384. The molecule has 3 aromatic rings. The minimum Gasteiger partial charge on any atom is -0.478 e. The van der Waals surface area contributed by atoms with Gasteiger partial charge in [-0.05, 0) is 42.5 Å². The van der Waals surface area contributed by atoms with Crippen molar-refractivity contribution in [3.05, 3.63) is 93.5 Å². The number of nitro groups is 1. The van der Waals surface area contributed by atoms with Gasteiger partial charge in [0, 0.05) is 17.7 Å². The molecule has 0 saturated heterocycles. The van der Waals surface area contributed by atoms with Crippen LogP contribution in [0.5, 0.6) is 11.5 Å². The van der Waals surface area contributed by atoms with E-state index < -0.39 is 28.3 Å². The molecule has 0 fully saturated rings. The highest BCUT2D eigenvalue weighted by atomic mass is 16.6. The van der Waals surface area contributed by atoms with Gasteiger partial charge in [-0.15, -0.1) is 0 Å². The summed E-state index contributed by atoms with van der Waals surface area (Å²) in [6.45, 7) is 0. The van der Waals surface area contributed by atoms with Crippen LogP contribution in [0.3, 0.4) is 0 Å². The summed E-state index contributed by atoms with van der Waals surface area (Å²) >= 11 is 0. The van der Waals surface area contributed by atoms with E-state index in [-0.39, 0.29) is 34.0 Å². The summed E-state index contributed by atoms with van der Waals surface area (Å²) in [5.41, 5.74) is -0.555. The summed E-state index contributed by atoms with van der Waals surface area (Å²) in [4.78, 5) is 45.2. The molecule has 0 heterocycles. The predicted octanol–water partition coefficient (Wildman–Crippen LogP) is 4.04. The fraction of sp³-hybridized carbons (Fsp3) is 0. The third-order valence-corrected chi connectivity index (χ3v) is 4.16. The van der Waals surface area contributed by atoms with Crippen molar-refractivity contribution in [3.8, 4) is 11.5 Å². The second-order valence-corrected chi connectivity index (χ2v) is 6.17. The lowest BCUT2D eigenvalue weighted by Gasteiger charge is -2.13. The molecule has 0 bridgehead atoms. The number of aromatic carboxylic acids is 2. The highest BCUT2D eigenvalue weighted by Gasteiger charge is 2.18. The average molecular weight is 422 g/mol. The molecule has 0 unspecified atom stereocenters. The molecule has 3 aromatic carbocycles. The zero-order valence-electron chi connectivity index (χ0n) is 15.6. The van der Waals surface area contributed by atoms with E-state index in [4.69, 9.17) is 9.84 Å². The minimum absolute atomic E-state index is 0.0550. The third kappa shape index (κ3) is 4.82. The molecule has 0 radical (unpaired) electrons. The van der Waals surface area contributed by atoms with Crippen LogP contribution in [-0.2, 0) is 0 Å². The first-order valence-electron chi connectivity index (χ1n) is 8.69. The number of nitrogens with zero attached hydrogens (tertiary/aromatic N) is 1. The maximum absolute atomic E-state index is 12.5. The molecule has 0 saturated carbocycles. The van der Waals surface area contributed by atoms with Crippen molar-refractivity contribution in [1.29, 1.82) is 0 Å². The fourth-order valence-corrected chi connectivity index (χ4v) is 2.67. The van der Waals surface area contributed by atoms with E-state index in [0.717, 1.165) is 12.1 Å². The first-order chi connectivity index (χ1) is 14.8. The zero-order chi connectivity index (χ0) is 22.5. The van der Waals surface area contributed by atoms with Gasteiger partial charge < -0.3 is 20.3 Å². The normalized spacial score (nSPS) is 10.2. The number of amides is 1. The van der Waals surface area contributed by atoms with Crippen LogP contribution in [0, 0.1) is 10.1 Å². The summed E-state index contributed by atoms with van der Waals surface area (Å²) in [7, 11) is 0. The monoisotopic (exact) mass is 422 g/mol. The fourth-order valence-electron chi connectivity index (χ4n) is 2.67. The first kappa shape index (κ1) is 21.0. The van der Waals surface area contributed by atoms with Gasteiger partial charge in [0.2, 0.25) is 0 Å². The van der Waals surface area contributed by atoms with Crippen LogP contribution in [0.1, 0.15) is 31.1 Å². The minimum atomic E-state index is -1.43. The van der Waals surface area contributed by atoms with E-state index in [1.165, 1.54) is 36.4 Å². The van der Waals surface area contributed by atoms with Gasteiger partial charge in [-0.1, -0.05) is 12.1 Å². The average Bonchev–Trinajstić information content (AvgIpc) is 2.74. The van der Waals surface area contributed by atoms with Gasteiger partial charge in [0.15, 0.2) is 5.75 Å². The number of carbonyl (C=O) groups excluding carboxylic acids is 1. The Morgan fingerprint density at radius 2 is 1.52 bits per heavy atom. The first-order valence-corrected chi connectivity index (χ1v) is 8.69. The lowest BCUT2D eigenvalue weighted by atomic mass is 10.1. The third-order valence-electron chi connectivity index (χ3n) is 4.16. The Morgan fingerprint density at radius 3 is 2.13 bits per heavy atom. The Labute approximate surface area is 174 Å². The van der Waals surface area contributed by atoms with Gasteiger partial charge in [0.1, 0.15) is 5.75 Å². The Hall–Kier alpha value is -4.73. The molecule has 3 rings (SSSR count). The maximum Gasteiger partial charge on any atom is 0.336 e. The van der Waals surface area contributed by atoms with Crippen LogP contribution < -0.4 is 10.1 Å². The SMILES string of the molecule is O=C(Nc1ccccc1Oc1ccc(C(=O)O)c(C(=O)O)c1)c1ccc([N+](=O)[O-])cc1. The highest BCUT2D eigenvalue weighted by molar-refractivity contribution is 6.05. The Bertz CT molecular complexity index is 1190. The predicted molar refractivity (Wildman–Crippen MR) is 108 cm³/mol. The molecule has 0 aliphatic rings. The topological polar surface area (TPSA) is 156 Å². The second-order valence-electron chi connectivity index (χ2n) is 6.17. The smallest absolute Gasteiger partial charge is 0.336 e. The van der Waals surface area contributed by atoms with Crippen molar-refractivity contribution in [2.45, 2.75) is 0 Å². The Balaban J connectivity index is 1.85. The summed E-state index contributed by atoms with van der Waals surface area (Å²) in [5.74, 6) is -3.13. The molecule has 0 aromatic heterocycles. The molecule has 0 aliphatic heterocycles. The van der Waals surface area contributed by atoms with Crippen LogP contribution in [0.4, 0.5) is 11.4 Å². The van der Waals surface area contributed by atoms with Crippen LogP contribution in [0.25, 0.3) is 0 Å². The van der Waals surface area contributed by atoms with Crippen LogP contribution in [-0.4, -0.2) is 33.0 Å². The number of benzene rings is 3. The van der Waals surface area contributed by atoms with E-state index in [0.29, 0.717) is 0 Å². The molecule has 10 heteroatoms. The van der Waals surface area contributed by atoms with E-state index in [1.54, 1.807) is 18.2 Å².